The van der Waals surface area contributed by atoms with Gasteiger partial charge in [0.15, 0.2) is 5.65 Å². The van der Waals surface area contributed by atoms with Crippen molar-refractivity contribution in [1.29, 1.82) is 0 Å². The number of aromatic nitrogens is 3. The van der Waals surface area contributed by atoms with Gasteiger partial charge in [-0.3, -0.25) is 4.79 Å². The van der Waals surface area contributed by atoms with Crippen LogP contribution in [0.2, 0.25) is 5.02 Å². The number of amides is 1. The SMILES string of the molecule is O=C(C=Cc1ccco1)NCc1cccc(CNc2cc(-c3ccccc3Cl)nc3c(Br)cnn23)c1. The summed E-state index contributed by atoms with van der Waals surface area (Å²) in [6, 6.07) is 21.1. The van der Waals surface area contributed by atoms with E-state index in [1.54, 1.807) is 35.2 Å². The molecule has 0 saturated heterocycles. The molecule has 2 N–H and O–H groups in total. The van der Waals surface area contributed by atoms with E-state index in [0.29, 0.717) is 29.5 Å². The van der Waals surface area contributed by atoms with Crippen molar-refractivity contribution in [3.8, 4) is 11.3 Å². The lowest BCUT2D eigenvalue weighted by atomic mass is 10.1. The van der Waals surface area contributed by atoms with Gasteiger partial charge in [-0.05, 0) is 51.3 Å². The van der Waals surface area contributed by atoms with Gasteiger partial charge in [-0.25, -0.2) is 4.98 Å². The zero-order chi connectivity index (χ0) is 24.9. The van der Waals surface area contributed by atoms with Gasteiger partial charge in [0.1, 0.15) is 11.6 Å². The number of benzene rings is 2. The third kappa shape index (κ3) is 5.50. The number of hydrogen-bond donors (Lipinski definition) is 2. The van der Waals surface area contributed by atoms with Crippen molar-refractivity contribution in [1.82, 2.24) is 19.9 Å². The van der Waals surface area contributed by atoms with E-state index in [0.717, 1.165) is 32.7 Å². The van der Waals surface area contributed by atoms with Crippen molar-refractivity contribution in [3.63, 3.8) is 0 Å². The average molecular weight is 563 g/mol. The highest BCUT2D eigenvalue weighted by Crippen LogP contribution is 2.30. The largest absolute Gasteiger partial charge is 0.465 e. The average Bonchev–Trinajstić information content (AvgIpc) is 3.55. The molecule has 0 saturated carbocycles. The second kappa shape index (κ2) is 10.8. The number of carbonyl (C=O) groups excluding carboxylic acids is 1. The third-order valence-corrected chi connectivity index (χ3v) is 6.34. The second-order valence-electron chi connectivity index (χ2n) is 7.97. The molecule has 3 heterocycles. The summed E-state index contributed by atoms with van der Waals surface area (Å²) in [7, 11) is 0. The number of halogens is 2. The monoisotopic (exact) mass is 561 g/mol. The van der Waals surface area contributed by atoms with Crippen molar-refractivity contribution < 1.29 is 9.21 Å². The standard InChI is InChI=1S/C27H21BrClN5O2/c28-22-17-32-34-25(14-24(33-27(22)34)21-8-1-2-9-23(21)29)30-15-18-5-3-6-19(13-18)16-31-26(35)11-10-20-7-4-12-36-20/h1-14,17,30H,15-16H2,(H,31,35). The fourth-order valence-electron chi connectivity index (χ4n) is 3.70. The summed E-state index contributed by atoms with van der Waals surface area (Å²) < 4.78 is 7.74. The van der Waals surface area contributed by atoms with E-state index in [1.807, 2.05) is 48.5 Å². The summed E-state index contributed by atoms with van der Waals surface area (Å²) in [5.41, 5.74) is 4.33. The fraction of sp³-hybridized carbons (Fsp3) is 0.0741. The molecule has 0 spiro atoms. The fourth-order valence-corrected chi connectivity index (χ4v) is 4.28. The van der Waals surface area contributed by atoms with Crippen LogP contribution in [-0.2, 0) is 17.9 Å². The van der Waals surface area contributed by atoms with Crippen LogP contribution in [0.15, 0.2) is 94.2 Å². The van der Waals surface area contributed by atoms with Crippen LogP contribution in [0.25, 0.3) is 23.0 Å². The molecule has 7 nitrogen and oxygen atoms in total. The number of rotatable bonds is 8. The summed E-state index contributed by atoms with van der Waals surface area (Å²) >= 11 is 9.96. The van der Waals surface area contributed by atoms with E-state index in [9.17, 15) is 4.79 Å². The van der Waals surface area contributed by atoms with Crippen molar-refractivity contribution in [3.05, 3.63) is 112 Å². The number of carbonyl (C=O) groups is 1. The molecule has 0 radical (unpaired) electrons. The molecule has 1 amide bonds. The van der Waals surface area contributed by atoms with E-state index < -0.39 is 0 Å². The van der Waals surface area contributed by atoms with Gasteiger partial charge in [-0.15, -0.1) is 0 Å². The van der Waals surface area contributed by atoms with Crippen LogP contribution in [-0.4, -0.2) is 20.5 Å². The number of hydrogen-bond acceptors (Lipinski definition) is 5. The summed E-state index contributed by atoms with van der Waals surface area (Å²) in [4.78, 5) is 16.9. The zero-order valence-electron chi connectivity index (χ0n) is 19.0. The predicted molar refractivity (Wildman–Crippen MR) is 144 cm³/mol. The Morgan fingerprint density at radius 2 is 1.89 bits per heavy atom. The summed E-state index contributed by atoms with van der Waals surface area (Å²) in [5.74, 6) is 1.22. The Labute approximate surface area is 220 Å². The Balaban J connectivity index is 1.30. The minimum Gasteiger partial charge on any atom is -0.465 e. The second-order valence-corrected chi connectivity index (χ2v) is 9.24. The summed E-state index contributed by atoms with van der Waals surface area (Å²) in [6.07, 6.45) is 6.37. The van der Waals surface area contributed by atoms with Gasteiger partial charge in [0, 0.05) is 35.8 Å². The number of anilines is 1. The van der Waals surface area contributed by atoms with Crippen LogP contribution >= 0.6 is 27.5 Å². The van der Waals surface area contributed by atoms with Crippen LogP contribution in [0.5, 0.6) is 0 Å². The molecule has 180 valence electrons. The van der Waals surface area contributed by atoms with Gasteiger partial charge >= 0.3 is 0 Å². The van der Waals surface area contributed by atoms with Crippen LogP contribution in [0.4, 0.5) is 5.82 Å². The van der Waals surface area contributed by atoms with Gasteiger partial charge in [0.2, 0.25) is 5.91 Å². The first-order valence-electron chi connectivity index (χ1n) is 11.2. The van der Waals surface area contributed by atoms with E-state index >= 15 is 0 Å². The van der Waals surface area contributed by atoms with E-state index in [1.165, 1.54) is 6.08 Å². The first-order chi connectivity index (χ1) is 17.6. The molecule has 0 aliphatic heterocycles. The predicted octanol–water partition coefficient (Wildman–Crippen LogP) is 6.35. The van der Waals surface area contributed by atoms with Crippen LogP contribution in [0.3, 0.4) is 0 Å². The van der Waals surface area contributed by atoms with Gasteiger partial charge in [-0.2, -0.15) is 9.61 Å². The minimum absolute atomic E-state index is 0.189. The third-order valence-electron chi connectivity index (χ3n) is 5.45. The molecule has 36 heavy (non-hydrogen) atoms. The topological polar surface area (TPSA) is 84.5 Å². The maximum Gasteiger partial charge on any atom is 0.244 e. The summed E-state index contributed by atoms with van der Waals surface area (Å²) in [5, 5.41) is 11.4. The zero-order valence-corrected chi connectivity index (χ0v) is 21.3. The van der Waals surface area contributed by atoms with Gasteiger partial charge in [0.25, 0.3) is 0 Å². The molecular formula is C27H21BrClN5O2. The lowest BCUT2D eigenvalue weighted by molar-refractivity contribution is -0.116. The van der Waals surface area contributed by atoms with Crippen LogP contribution in [0.1, 0.15) is 16.9 Å². The quantitative estimate of drug-likeness (QED) is 0.215. The lowest BCUT2D eigenvalue weighted by Gasteiger charge is -2.12. The molecule has 3 aromatic heterocycles. The Hall–Kier alpha value is -3.88. The molecule has 2 aromatic carbocycles. The van der Waals surface area contributed by atoms with Crippen LogP contribution < -0.4 is 10.6 Å². The maximum absolute atomic E-state index is 12.1. The molecule has 5 rings (SSSR count). The molecule has 0 bridgehead atoms. The smallest absolute Gasteiger partial charge is 0.244 e. The van der Waals surface area contributed by atoms with Crippen molar-refractivity contribution in [2.24, 2.45) is 0 Å². The van der Waals surface area contributed by atoms with E-state index in [4.69, 9.17) is 21.0 Å². The summed E-state index contributed by atoms with van der Waals surface area (Å²) in [6.45, 7) is 0.968. The molecule has 5 aromatic rings. The Morgan fingerprint density at radius 1 is 1.06 bits per heavy atom. The van der Waals surface area contributed by atoms with Gasteiger partial charge in [-0.1, -0.05) is 54.1 Å². The van der Waals surface area contributed by atoms with Crippen molar-refractivity contribution in [2.45, 2.75) is 13.1 Å². The molecule has 0 atom stereocenters. The van der Waals surface area contributed by atoms with Gasteiger partial charge < -0.3 is 15.1 Å². The Bertz CT molecular complexity index is 1550. The van der Waals surface area contributed by atoms with E-state index in [2.05, 4.69) is 37.7 Å². The highest BCUT2D eigenvalue weighted by molar-refractivity contribution is 9.10. The van der Waals surface area contributed by atoms with Crippen LogP contribution in [0, 0.1) is 0 Å². The number of nitrogens with one attached hydrogen (secondary N) is 2. The molecular weight excluding hydrogens is 542 g/mol. The molecule has 0 fully saturated rings. The molecule has 9 heteroatoms. The highest BCUT2D eigenvalue weighted by atomic mass is 79.9. The first-order valence-corrected chi connectivity index (χ1v) is 12.3. The highest BCUT2D eigenvalue weighted by Gasteiger charge is 2.13. The number of nitrogens with zero attached hydrogens (tertiary/aromatic N) is 3. The normalized spacial score (nSPS) is 11.3. The van der Waals surface area contributed by atoms with Gasteiger partial charge in [0.05, 0.1) is 22.6 Å². The molecule has 0 aliphatic rings. The molecule has 0 aliphatic carbocycles. The van der Waals surface area contributed by atoms with E-state index in [-0.39, 0.29) is 5.91 Å². The first kappa shape index (κ1) is 23.8. The Kier molecular flexibility index (Phi) is 7.16. The van der Waals surface area contributed by atoms with Crippen molar-refractivity contribution >= 4 is 51.0 Å². The maximum atomic E-state index is 12.1. The minimum atomic E-state index is -0.189. The Morgan fingerprint density at radius 3 is 2.69 bits per heavy atom. The van der Waals surface area contributed by atoms with Crippen molar-refractivity contribution in [2.75, 3.05) is 5.32 Å². The number of furan rings is 1. The number of fused-ring (bicyclic) bond motifs is 1. The molecule has 0 unspecified atom stereocenters. The lowest BCUT2D eigenvalue weighted by Crippen LogP contribution is -2.20.